The maximum Gasteiger partial charge on any atom is 0.254 e. The summed E-state index contributed by atoms with van der Waals surface area (Å²) in [6, 6.07) is 9.38. The maximum absolute atomic E-state index is 12.5. The summed E-state index contributed by atoms with van der Waals surface area (Å²) in [5, 5.41) is 0. The Morgan fingerprint density at radius 2 is 2.11 bits per heavy atom. The van der Waals surface area contributed by atoms with Crippen LogP contribution >= 0.6 is 15.9 Å². The molecule has 1 aromatic heterocycles. The Morgan fingerprint density at radius 3 is 2.74 bits per heavy atom. The first-order valence-corrected chi connectivity index (χ1v) is 6.99. The van der Waals surface area contributed by atoms with E-state index in [1.54, 1.807) is 11.2 Å². The minimum Gasteiger partial charge on any atom is -0.467 e. The van der Waals surface area contributed by atoms with Gasteiger partial charge in [0.2, 0.25) is 0 Å². The molecule has 3 nitrogen and oxygen atoms in total. The lowest BCUT2D eigenvalue weighted by Crippen LogP contribution is -2.30. The lowest BCUT2D eigenvalue weighted by atomic mass is 10.1. The topological polar surface area (TPSA) is 33.5 Å². The Balaban J connectivity index is 2.23. The van der Waals surface area contributed by atoms with Crippen molar-refractivity contribution >= 4 is 21.8 Å². The summed E-state index contributed by atoms with van der Waals surface area (Å²) in [5.41, 5.74) is 1.69. The average Bonchev–Trinajstić information content (AvgIpc) is 2.91. The molecule has 2 rings (SSSR count). The molecule has 0 radical (unpaired) electrons. The molecule has 0 aliphatic carbocycles. The summed E-state index contributed by atoms with van der Waals surface area (Å²) in [7, 11) is 0. The van der Waals surface area contributed by atoms with Gasteiger partial charge < -0.3 is 9.32 Å². The summed E-state index contributed by atoms with van der Waals surface area (Å²) >= 11 is 3.46. The van der Waals surface area contributed by atoms with E-state index in [4.69, 9.17) is 4.42 Å². The van der Waals surface area contributed by atoms with Gasteiger partial charge in [0.1, 0.15) is 5.76 Å². The molecule has 0 saturated carbocycles. The molecule has 0 unspecified atom stereocenters. The standard InChI is InChI=1S/C15H16BrNO2/c1-3-17(10-12-6-5-9-19-12)15(18)13-7-4-8-14(16)11(13)2/h4-9H,3,10H2,1-2H3. The van der Waals surface area contributed by atoms with Gasteiger partial charge in [0.15, 0.2) is 0 Å². The van der Waals surface area contributed by atoms with Crippen molar-refractivity contribution in [3.05, 3.63) is 58.0 Å². The lowest BCUT2D eigenvalue weighted by Gasteiger charge is -2.21. The van der Waals surface area contributed by atoms with Gasteiger partial charge in [0, 0.05) is 16.6 Å². The Kier molecular flexibility index (Phi) is 4.43. The van der Waals surface area contributed by atoms with Crippen LogP contribution in [0.1, 0.15) is 28.6 Å². The molecule has 1 amide bonds. The summed E-state index contributed by atoms with van der Waals surface area (Å²) in [6.07, 6.45) is 1.62. The highest BCUT2D eigenvalue weighted by atomic mass is 79.9. The Bertz CT molecular complexity index is 564. The minimum absolute atomic E-state index is 0.0256. The second kappa shape index (κ2) is 6.06. The van der Waals surface area contributed by atoms with E-state index in [1.807, 2.05) is 44.2 Å². The number of halogens is 1. The van der Waals surface area contributed by atoms with Crippen LogP contribution in [0.2, 0.25) is 0 Å². The molecule has 1 aromatic carbocycles. The second-order valence-corrected chi connectivity index (χ2v) is 5.17. The van der Waals surface area contributed by atoms with E-state index in [2.05, 4.69) is 15.9 Å². The van der Waals surface area contributed by atoms with Gasteiger partial charge in [-0.3, -0.25) is 4.79 Å². The maximum atomic E-state index is 12.5. The summed E-state index contributed by atoms with van der Waals surface area (Å²) in [6.45, 7) is 5.05. The number of rotatable bonds is 4. The number of carbonyl (C=O) groups is 1. The van der Waals surface area contributed by atoms with Gasteiger partial charge >= 0.3 is 0 Å². The highest BCUT2D eigenvalue weighted by Gasteiger charge is 2.18. The van der Waals surface area contributed by atoms with Crippen LogP contribution < -0.4 is 0 Å². The molecule has 0 spiro atoms. The molecule has 2 aromatic rings. The average molecular weight is 322 g/mol. The van der Waals surface area contributed by atoms with E-state index in [9.17, 15) is 4.79 Å². The number of nitrogens with zero attached hydrogens (tertiary/aromatic N) is 1. The summed E-state index contributed by atoms with van der Waals surface area (Å²) in [4.78, 5) is 14.3. The molecule has 0 fully saturated rings. The van der Waals surface area contributed by atoms with Gasteiger partial charge in [-0.15, -0.1) is 0 Å². The van der Waals surface area contributed by atoms with Crippen molar-refractivity contribution < 1.29 is 9.21 Å². The monoisotopic (exact) mass is 321 g/mol. The van der Waals surface area contributed by atoms with Crippen LogP contribution in [0.5, 0.6) is 0 Å². The predicted octanol–water partition coefficient (Wildman–Crippen LogP) is 4.01. The molecular formula is C15H16BrNO2. The number of hydrogen-bond acceptors (Lipinski definition) is 2. The highest BCUT2D eigenvalue weighted by molar-refractivity contribution is 9.10. The third-order valence-electron chi connectivity index (χ3n) is 3.09. The largest absolute Gasteiger partial charge is 0.467 e. The van der Waals surface area contributed by atoms with Gasteiger partial charge in [0.25, 0.3) is 5.91 Å². The number of furan rings is 1. The van der Waals surface area contributed by atoms with Gasteiger partial charge in [-0.05, 0) is 43.7 Å². The third-order valence-corrected chi connectivity index (χ3v) is 3.95. The van der Waals surface area contributed by atoms with Crippen LogP contribution in [0, 0.1) is 6.92 Å². The van der Waals surface area contributed by atoms with Crippen molar-refractivity contribution in [1.29, 1.82) is 0 Å². The quantitative estimate of drug-likeness (QED) is 0.852. The van der Waals surface area contributed by atoms with Crippen molar-refractivity contribution in [1.82, 2.24) is 4.90 Å². The van der Waals surface area contributed by atoms with Gasteiger partial charge in [0.05, 0.1) is 12.8 Å². The molecule has 0 bridgehead atoms. The normalized spacial score (nSPS) is 10.5. The van der Waals surface area contributed by atoms with E-state index < -0.39 is 0 Å². The molecule has 100 valence electrons. The Labute approximate surface area is 121 Å². The molecule has 1 heterocycles. The molecule has 0 saturated heterocycles. The van der Waals surface area contributed by atoms with Crippen molar-refractivity contribution in [3.8, 4) is 0 Å². The van der Waals surface area contributed by atoms with E-state index in [1.165, 1.54) is 0 Å². The zero-order valence-electron chi connectivity index (χ0n) is 11.0. The van der Waals surface area contributed by atoms with Crippen molar-refractivity contribution in [2.45, 2.75) is 20.4 Å². The number of hydrogen-bond donors (Lipinski definition) is 0. The first-order chi connectivity index (χ1) is 9.13. The molecule has 0 aliphatic heterocycles. The number of carbonyl (C=O) groups excluding carboxylic acids is 1. The van der Waals surface area contributed by atoms with E-state index in [-0.39, 0.29) is 5.91 Å². The molecule has 19 heavy (non-hydrogen) atoms. The first kappa shape index (κ1) is 13.9. The van der Waals surface area contributed by atoms with Gasteiger partial charge in [-0.25, -0.2) is 0 Å². The van der Waals surface area contributed by atoms with E-state index >= 15 is 0 Å². The summed E-state index contributed by atoms with van der Waals surface area (Å²) < 4.78 is 6.25. The molecular weight excluding hydrogens is 306 g/mol. The smallest absolute Gasteiger partial charge is 0.254 e. The van der Waals surface area contributed by atoms with Crippen LogP contribution in [0.15, 0.2) is 45.5 Å². The highest BCUT2D eigenvalue weighted by Crippen LogP contribution is 2.21. The van der Waals surface area contributed by atoms with Crippen LogP contribution in [-0.4, -0.2) is 17.4 Å². The van der Waals surface area contributed by atoms with Crippen LogP contribution in [0.25, 0.3) is 0 Å². The van der Waals surface area contributed by atoms with Crippen LogP contribution in [-0.2, 0) is 6.54 Å². The number of amides is 1. The minimum atomic E-state index is 0.0256. The fourth-order valence-corrected chi connectivity index (χ4v) is 2.29. The van der Waals surface area contributed by atoms with Crippen molar-refractivity contribution in [2.24, 2.45) is 0 Å². The Morgan fingerprint density at radius 1 is 1.32 bits per heavy atom. The van der Waals surface area contributed by atoms with Crippen LogP contribution in [0.4, 0.5) is 0 Å². The lowest BCUT2D eigenvalue weighted by molar-refractivity contribution is 0.0740. The van der Waals surface area contributed by atoms with E-state index in [0.717, 1.165) is 21.4 Å². The molecule has 0 atom stereocenters. The zero-order valence-corrected chi connectivity index (χ0v) is 12.6. The first-order valence-electron chi connectivity index (χ1n) is 6.20. The van der Waals surface area contributed by atoms with Crippen molar-refractivity contribution in [2.75, 3.05) is 6.54 Å². The Hall–Kier alpha value is -1.55. The zero-order chi connectivity index (χ0) is 13.8. The molecule has 4 heteroatoms. The van der Waals surface area contributed by atoms with Crippen molar-refractivity contribution in [3.63, 3.8) is 0 Å². The SMILES string of the molecule is CCN(Cc1ccco1)C(=O)c1cccc(Br)c1C. The predicted molar refractivity (Wildman–Crippen MR) is 78.0 cm³/mol. The molecule has 0 aliphatic rings. The van der Waals surface area contributed by atoms with Gasteiger partial charge in [-0.2, -0.15) is 0 Å². The second-order valence-electron chi connectivity index (χ2n) is 4.31. The number of benzene rings is 1. The third kappa shape index (κ3) is 3.07. The fourth-order valence-electron chi connectivity index (χ4n) is 1.93. The molecule has 0 N–H and O–H groups in total. The van der Waals surface area contributed by atoms with Gasteiger partial charge in [-0.1, -0.05) is 22.0 Å². The summed E-state index contributed by atoms with van der Waals surface area (Å²) in [5.74, 6) is 0.820. The van der Waals surface area contributed by atoms with E-state index in [0.29, 0.717) is 13.1 Å². The fraction of sp³-hybridized carbons (Fsp3) is 0.267. The van der Waals surface area contributed by atoms with Crippen LogP contribution in [0.3, 0.4) is 0 Å².